The zero-order valence-electron chi connectivity index (χ0n) is 10.8. The largest absolute Gasteiger partial charge is 0.395 e. The van der Waals surface area contributed by atoms with Gasteiger partial charge >= 0.3 is 0 Å². The van der Waals surface area contributed by atoms with Crippen LogP contribution in [0.4, 0.5) is 11.6 Å². The molecule has 1 aromatic heterocycles. The van der Waals surface area contributed by atoms with Crippen LogP contribution in [-0.4, -0.2) is 34.3 Å². The van der Waals surface area contributed by atoms with E-state index in [1.807, 2.05) is 6.92 Å². The Bertz CT molecular complexity index is 352. The van der Waals surface area contributed by atoms with E-state index in [0.717, 1.165) is 24.2 Å². The van der Waals surface area contributed by atoms with Crippen LogP contribution in [-0.2, 0) is 0 Å². The van der Waals surface area contributed by atoms with Crippen molar-refractivity contribution in [2.24, 2.45) is 0 Å². The number of hydrogen-bond acceptors (Lipinski definition) is 5. The molecule has 0 saturated carbocycles. The molecule has 0 aliphatic rings. The predicted octanol–water partition coefficient (Wildman–Crippen LogP) is 1.35. The van der Waals surface area contributed by atoms with Gasteiger partial charge in [-0.15, -0.1) is 0 Å². The normalized spacial score (nSPS) is 10.9. The minimum Gasteiger partial charge on any atom is -0.395 e. The molecular weight excluding hydrogens is 216 g/mol. The Morgan fingerprint density at radius 2 is 2.00 bits per heavy atom. The second-order valence-electron chi connectivity index (χ2n) is 4.09. The third-order valence-electron chi connectivity index (χ3n) is 3.09. The number of aliphatic hydroxyl groups is 1. The fourth-order valence-corrected chi connectivity index (χ4v) is 2.04. The highest BCUT2D eigenvalue weighted by Gasteiger charge is 2.19. The minimum atomic E-state index is 0.111. The Kier molecular flexibility index (Phi) is 5.15. The van der Waals surface area contributed by atoms with Crippen molar-refractivity contribution >= 4 is 11.6 Å². The van der Waals surface area contributed by atoms with Crippen LogP contribution in [0.1, 0.15) is 32.3 Å². The van der Waals surface area contributed by atoms with Gasteiger partial charge in [-0.2, -0.15) is 0 Å². The Hall–Kier alpha value is -1.36. The smallest absolute Gasteiger partial charge is 0.137 e. The minimum absolute atomic E-state index is 0.111. The van der Waals surface area contributed by atoms with Crippen molar-refractivity contribution in [1.29, 1.82) is 0 Å². The summed E-state index contributed by atoms with van der Waals surface area (Å²) >= 11 is 0. The molecule has 1 rings (SSSR count). The van der Waals surface area contributed by atoms with Crippen LogP contribution < -0.4 is 10.6 Å². The lowest BCUT2D eigenvalue weighted by atomic mass is 10.1. The van der Waals surface area contributed by atoms with Gasteiger partial charge in [-0.05, 0) is 19.8 Å². The first-order valence-electron chi connectivity index (χ1n) is 6.10. The first-order valence-corrected chi connectivity index (χ1v) is 6.10. The lowest BCUT2D eigenvalue weighted by Gasteiger charge is -2.32. The van der Waals surface area contributed by atoms with E-state index in [1.165, 1.54) is 6.33 Å². The Morgan fingerprint density at radius 3 is 2.53 bits per heavy atom. The van der Waals surface area contributed by atoms with Gasteiger partial charge in [-0.1, -0.05) is 13.8 Å². The zero-order valence-corrected chi connectivity index (χ0v) is 10.8. The summed E-state index contributed by atoms with van der Waals surface area (Å²) in [5, 5.41) is 9.18. The number of aromatic nitrogens is 2. The van der Waals surface area contributed by atoms with Crippen molar-refractivity contribution in [3.63, 3.8) is 0 Å². The van der Waals surface area contributed by atoms with Gasteiger partial charge in [0.2, 0.25) is 0 Å². The van der Waals surface area contributed by atoms with Gasteiger partial charge in [0.15, 0.2) is 0 Å². The molecule has 0 bridgehead atoms. The topological polar surface area (TPSA) is 75.3 Å². The number of nitrogen functional groups attached to an aromatic ring is 1. The highest BCUT2D eigenvalue weighted by molar-refractivity contribution is 5.56. The lowest BCUT2D eigenvalue weighted by molar-refractivity contribution is 0.295. The van der Waals surface area contributed by atoms with Crippen LogP contribution in [0, 0.1) is 6.92 Å². The third kappa shape index (κ3) is 3.06. The van der Waals surface area contributed by atoms with Crippen molar-refractivity contribution in [3.05, 3.63) is 11.9 Å². The van der Waals surface area contributed by atoms with Crippen LogP contribution in [0.15, 0.2) is 6.33 Å². The fraction of sp³-hybridized carbons (Fsp3) is 0.667. The lowest BCUT2D eigenvalue weighted by Crippen LogP contribution is -2.38. The Morgan fingerprint density at radius 1 is 1.35 bits per heavy atom. The molecule has 0 radical (unpaired) electrons. The Balaban J connectivity index is 3.08. The molecule has 0 fully saturated rings. The quantitative estimate of drug-likeness (QED) is 0.782. The van der Waals surface area contributed by atoms with E-state index >= 15 is 0 Å². The molecule has 0 saturated heterocycles. The summed E-state index contributed by atoms with van der Waals surface area (Å²) in [6.07, 6.45) is 3.50. The zero-order chi connectivity index (χ0) is 12.8. The van der Waals surface area contributed by atoms with E-state index < -0.39 is 0 Å². The maximum Gasteiger partial charge on any atom is 0.137 e. The maximum atomic E-state index is 9.18. The summed E-state index contributed by atoms with van der Waals surface area (Å²) in [4.78, 5) is 10.4. The summed E-state index contributed by atoms with van der Waals surface area (Å²) in [5.41, 5.74) is 6.68. The van der Waals surface area contributed by atoms with Crippen molar-refractivity contribution in [3.8, 4) is 0 Å². The Labute approximate surface area is 103 Å². The number of anilines is 2. The molecule has 0 amide bonds. The molecule has 17 heavy (non-hydrogen) atoms. The molecule has 0 aliphatic carbocycles. The standard InChI is InChI=1S/C12H22N4O/c1-4-10(5-2)16(6-7-17)12-9(3)11(13)14-8-15-12/h8,10,17H,4-7H2,1-3H3,(H2,13,14,15). The van der Waals surface area contributed by atoms with Crippen LogP contribution in [0.25, 0.3) is 0 Å². The monoisotopic (exact) mass is 238 g/mol. The second-order valence-corrected chi connectivity index (χ2v) is 4.09. The number of nitrogens with zero attached hydrogens (tertiary/aromatic N) is 3. The maximum absolute atomic E-state index is 9.18. The van der Waals surface area contributed by atoms with Gasteiger partial charge in [0, 0.05) is 18.2 Å². The van der Waals surface area contributed by atoms with E-state index in [9.17, 15) is 5.11 Å². The molecule has 1 aromatic rings. The summed E-state index contributed by atoms with van der Waals surface area (Å²) in [6, 6.07) is 0.371. The summed E-state index contributed by atoms with van der Waals surface area (Å²) < 4.78 is 0. The highest BCUT2D eigenvalue weighted by atomic mass is 16.3. The SMILES string of the molecule is CCC(CC)N(CCO)c1ncnc(N)c1C. The van der Waals surface area contributed by atoms with E-state index in [2.05, 4.69) is 28.7 Å². The predicted molar refractivity (Wildman–Crippen MR) is 70.0 cm³/mol. The van der Waals surface area contributed by atoms with E-state index in [1.54, 1.807) is 0 Å². The summed E-state index contributed by atoms with van der Waals surface area (Å²) in [5.74, 6) is 1.34. The van der Waals surface area contributed by atoms with E-state index in [4.69, 9.17) is 5.73 Å². The van der Waals surface area contributed by atoms with Gasteiger partial charge in [-0.25, -0.2) is 9.97 Å². The molecule has 96 valence electrons. The van der Waals surface area contributed by atoms with E-state index in [0.29, 0.717) is 18.4 Å². The van der Waals surface area contributed by atoms with Crippen molar-refractivity contribution in [1.82, 2.24) is 9.97 Å². The molecule has 5 nitrogen and oxygen atoms in total. The molecule has 0 aromatic carbocycles. The molecule has 5 heteroatoms. The van der Waals surface area contributed by atoms with Crippen molar-refractivity contribution < 1.29 is 5.11 Å². The van der Waals surface area contributed by atoms with Gasteiger partial charge in [0.1, 0.15) is 18.0 Å². The molecule has 0 aliphatic heterocycles. The fourth-order valence-electron chi connectivity index (χ4n) is 2.04. The van der Waals surface area contributed by atoms with Gasteiger partial charge in [0.25, 0.3) is 0 Å². The average molecular weight is 238 g/mol. The first kappa shape index (κ1) is 13.7. The molecule has 3 N–H and O–H groups in total. The molecular formula is C12H22N4O. The van der Waals surface area contributed by atoms with Gasteiger partial charge < -0.3 is 15.7 Å². The molecule has 1 heterocycles. The van der Waals surface area contributed by atoms with Crippen molar-refractivity contribution in [2.75, 3.05) is 23.8 Å². The first-order chi connectivity index (χ1) is 8.15. The summed E-state index contributed by atoms with van der Waals surface area (Å²) in [7, 11) is 0. The third-order valence-corrected chi connectivity index (χ3v) is 3.09. The number of rotatable bonds is 6. The average Bonchev–Trinajstić information content (AvgIpc) is 2.33. The van der Waals surface area contributed by atoms with Gasteiger partial charge in [0.05, 0.1) is 6.61 Å². The van der Waals surface area contributed by atoms with Crippen LogP contribution >= 0.6 is 0 Å². The van der Waals surface area contributed by atoms with Gasteiger partial charge in [-0.3, -0.25) is 0 Å². The number of hydrogen-bond donors (Lipinski definition) is 2. The highest BCUT2D eigenvalue weighted by Crippen LogP contribution is 2.23. The number of nitrogens with two attached hydrogens (primary N) is 1. The van der Waals surface area contributed by atoms with Crippen LogP contribution in [0.5, 0.6) is 0 Å². The van der Waals surface area contributed by atoms with Crippen LogP contribution in [0.2, 0.25) is 0 Å². The molecule has 0 spiro atoms. The molecule has 0 unspecified atom stereocenters. The summed E-state index contributed by atoms with van der Waals surface area (Å²) in [6.45, 7) is 6.87. The van der Waals surface area contributed by atoms with Crippen molar-refractivity contribution in [2.45, 2.75) is 39.7 Å². The second kappa shape index (κ2) is 6.39. The van der Waals surface area contributed by atoms with Crippen LogP contribution in [0.3, 0.4) is 0 Å². The van der Waals surface area contributed by atoms with E-state index in [-0.39, 0.29) is 6.61 Å². The number of aliphatic hydroxyl groups excluding tert-OH is 1. The molecule has 0 atom stereocenters.